The lowest BCUT2D eigenvalue weighted by Crippen LogP contribution is -2.42. The van der Waals surface area contributed by atoms with Gasteiger partial charge in [-0.15, -0.1) is 0 Å². The first kappa shape index (κ1) is 18.0. The number of aliphatic hydroxyl groups excluding tert-OH is 4. The van der Waals surface area contributed by atoms with Gasteiger partial charge >= 0.3 is 10.4 Å². The molecule has 0 aromatic heterocycles. The van der Waals surface area contributed by atoms with Gasteiger partial charge in [-0.25, -0.2) is 8.57 Å². The summed E-state index contributed by atoms with van der Waals surface area (Å²) < 4.78 is 47.0. The van der Waals surface area contributed by atoms with Gasteiger partial charge in [-0.05, 0) is 0 Å². The van der Waals surface area contributed by atoms with E-state index in [9.17, 15) is 23.0 Å². The molecule has 6 atom stereocenters. The molecule has 0 saturated carbocycles. The van der Waals surface area contributed by atoms with Crippen LogP contribution in [0.1, 0.15) is 0 Å². The van der Waals surface area contributed by atoms with Gasteiger partial charge in [0.25, 0.3) is 0 Å². The summed E-state index contributed by atoms with van der Waals surface area (Å²) in [5.41, 5.74) is 0. The SMILES string of the molecule is O=S(=O)(O)O[C@@H](CO)[C@H](O)C[S+]1C[C@@H](F)[C@H](O)[C@H]1CO. The molecule has 1 saturated heterocycles. The first-order valence-electron chi connectivity index (χ1n) is 5.73. The first-order valence-corrected chi connectivity index (χ1v) is 8.72. The number of rotatable bonds is 7. The molecule has 1 unspecified atom stereocenters. The molecule has 8 nitrogen and oxygen atoms in total. The molecule has 5 N–H and O–H groups in total. The van der Waals surface area contributed by atoms with Crippen molar-refractivity contribution in [3.05, 3.63) is 0 Å². The zero-order valence-corrected chi connectivity index (χ0v) is 12.0. The Bertz CT molecular complexity index is 405. The van der Waals surface area contributed by atoms with E-state index in [-0.39, 0.29) is 11.5 Å². The van der Waals surface area contributed by atoms with Crippen LogP contribution in [0, 0.1) is 0 Å². The van der Waals surface area contributed by atoms with E-state index in [0.717, 1.165) is 0 Å². The van der Waals surface area contributed by atoms with Gasteiger partial charge < -0.3 is 20.4 Å². The van der Waals surface area contributed by atoms with Gasteiger partial charge in [-0.2, -0.15) is 8.42 Å². The summed E-state index contributed by atoms with van der Waals surface area (Å²) in [5.74, 6) is -0.239. The average Bonchev–Trinajstić information content (AvgIpc) is 2.60. The Morgan fingerprint density at radius 1 is 1.40 bits per heavy atom. The number of aliphatic hydroxyl groups is 4. The minimum Gasteiger partial charge on any atom is -0.394 e. The molecule has 1 rings (SSSR count). The van der Waals surface area contributed by atoms with Crippen LogP contribution in [-0.4, -0.2) is 87.8 Å². The molecule has 0 aromatic carbocycles. The van der Waals surface area contributed by atoms with Crippen LogP contribution in [0.2, 0.25) is 0 Å². The van der Waals surface area contributed by atoms with Gasteiger partial charge in [0.05, 0.1) is 13.2 Å². The van der Waals surface area contributed by atoms with Crippen LogP contribution in [0.4, 0.5) is 4.39 Å². The Hall–Kier alpha value is -0.0100. The molecule has 0 bridgehead atoms. The van der Waals surface area contributed by atoms with Gasteiger partial charge in [-0.3, -0.25) is 4.55 Å². The highest BCUT2D eigenvalue weighted by Crippen LogP contribution is 2.27. The van der Waals surface area contributed by atoms with Gasteiger partial charge in [0.2, 0.25) is 0 Å². The van der Waals surface area contributed by atoms with Crippen LogP contribution in [0.3, 0.4) is 0 Å². The van der Waals surface area contributed by atoms with Crippen LogP contribution < -0.4 is 0 Å². The third-order valence-corrected chi connectivity index (χ3v) is 6.26. The second kappa shape index (κ2) is 7.31. The maximum atomic E-state index is 13.4. The smallest absolute Gasteiger partial charge is 0.394 e. The molecule has 1 aliphatic rings. The Morgan fingerprint density at radius 3 is 2.45 bits per heavy atom. The van der Waals surface area contributed by atoms with Gasteiger partial charge in [0.15, 0.2) is 11.4 Å². The number of hydrogen-bond acceptors (Lipinski definition) is 7. The topological polar surface area (TPSA) is 145 Å². The number of hydrogen-bond donors (Lipinski definition) is 5. The molecule has 1 heterocycles. The van der Waals surface area contributed by atoms with E-state index in [2.05, 4.69) is 4.18 Å². The summed E-state index contributed by atoms with van der Waals surface area (Å²) in [6.45, 7) is -1.34. The molecular weight excluding hydrogens is 319 g/mol. The maximum absolute atomic E-state index is 13.4. The monoisotopic (exact) mass is 337 g/mol. The number of alkyl halides is 1. The van der Waals surface area contributed by atoms with Crippen LogP contribution in [0.5, 0.6) is 0 Å². The minimum absolute atomic E-state index is 0.0759. The van der Waals surface area contributed by atoms with Crippen molar-refractivity contribution in [1.29, 1.82) is 0 Å². The van der Waals surface area contributed by atoms with Crippen LogP contribution in [0.15, 0.2) is 0 Å². The molecule has 0 spiro atoms. The third kappa shape index (κ3) is 4.77. The lowest BCUT2D eigenvalue weighted by molar-refractivity contribution is 0.0113. The summed E-state index contributed by atoms with van der Waals surface area (Å²) >= 11 is 0. The number of halogens is 1. The Labute approximate surface area is 118 Å². The lowest BCUT2D eigenvalue weighted by Gasteiger charge is -2.20. The van der Waals surface area contributed by atoms with Crippen LogP contribution in [-0.2, 0) is 25.5 Å². The largest absolute Gasteiger partial charge is 0.397 e. The normalized spacial score (nSPS) is 34.1. The summed E-state index contributed by atoms with van der Waals surface area (Å²) in [4.78, 5) is 0. The van der Waals surface area contributed by atoms with Gasteiger partial charge in [-0.1, -0.05) is 0 Å². The summed E-state index contributed by atoms with van der Waals surface area (Å²) in [6, 6.07) is 0. The predicted molar refractivity (Wildman–Crippen MR) is 68.4 cm³/mol. The Kier molecular flexibility index (Phi) is 6.60. The molecular formula is C9H18FO8S2+. The zero-order valence-electron chi connectivity index (χ0n) is 10.4. The van der Waals surface area contributed by atoms with E-state index in [0.29, 0.717) is 0 Å². The molecule has 0 aromatic rings. The van der Waals surface area contributed by atoms with Gasteiger partial charge in [0.1, 0.15) is 29.8 Å². The zero-order chi connectivity index (χ0) is 15.5. The van der Waals surface area contributed by atoms with E-state index in [1.807, 2.05) is 0 Å². The summed E-state index contributed by atoms with van der Waals surface area (Å²) in [7, 11) is -5.74. The van der Waals surface area contributed by atoms with Crippen molar-refractivity contribution in [3.63, 3.8) is 0 Å². The Morgan fingerprint density at radius 2 is 2.00 bits per heavy atom. The third-order valence-electron chi connectivity index (χ3n) is 2.97. The molecule has 1 fully saturated rings. The average molecular weight is 337 g/mol. The highest BCUT2D eigenvalue weighted by molar-refractivity contribution is 7.97. The van der Waals surface area contributed by atoms with Crippen molar-refractivity contribution in [3.8, 4) is 0 Å². The molecule has 0 radical (unpaired) electrons. The molecule has 0 amide bonds. The predicted octanol–water partition coefficient (Wildman–Crippen LogP) is -2.78. The fourth-order valence-electron chi connectivity index (χ4n) is 1.96. The van der Waals surface area contributed by atoms with Crippen LogP contribution >= 0.6 is 0 Å². The van der Waals surface area contributed by atoms with E-state index in [1.54, 1.807) is 0 Å². The van der Waals surface area contributed by atoms with Crippen molar-refractivity contribution in [2.75, 3.05) is 24.7 Å². The van der Waals surface area contributed by atoms with Crippen molar-refractivity contribution in [1.82, 2.24) is 0 Å². The highest BCUT2D eigenvalue weighted by Gasteiger charge is 2.51. The lowest BCUT2D eigenvalue weighted by atomic mass is 10.2. The first-order chi connectivity index (χ1) is 9.19. The van der Waals surface area contributed by atoms with E-state index < -0.39 is 64.2 Å². The quantitative estimate of drug-likeness (QED) is 0.248. The molecule has 20 heavy (non-hydrogen) atoms. The van der Waals surface area contributed by atoms with E-state index >= 15 is 0 Å². The fourth-order valence-corrected chi connectivity index (χ4v) is 5.13. The van der Waals surface area contributed by atoms with Crippen molar-refractivity contribution >= 4 is 21.3 Å². The summed E-state index contributed by atoms with van der Waals surface area (Å²) in [6.07, 6.45) is -5.95. The van der Waals surface area contributed by atoms with E-state index in [1.165, 1.54) is 0 Å². The summed E-state index contributed by atoms with van der Waals surface area (Å²) in [5, 5.41) is 36.5. The standard InChI is InChI=1S/C9H17FO8S2/c10-5-3-19(8(2-12)9(5)14)4-6(13)7(1-11)18-20(15,16)17/h5-9,11-14H,1-4H2/p+1/t5-,6-,7+,8-,9+,19?/m1/s1. The molecule has 11 heteroatoms. The van der Waals surface area contributed by atoms with Crippen LogP contribution in [0.25, 0.3) is 0 Å². The highest BCUT2D eigenvalue weighted by atomic mass is 32.3. The molecule has 120 valence electrons. The molecule has 0 aliphatic carbocycles. The van der Waals surface area contributed by atoms with Crippen molar-refractivity contribution < 1.29 is 42.0 Å². The molecule has 1 aliphatic heterocycles. The fraction of sp³-hybridized carbons (Fsp3) is 1.00. The van der Waals surface area contributed by atoms with E-state index in [4.69, 9.17) is 14.8 Å². The van der Waals surface area contributed by atoms with Crippen molar-refractivity contribution in [2.24, 2.45) is 0 Å². The Balaban J connectivity index is 2.66. The second-order valence-corrected chi connectivity index (χ2v) is 7.81. The minimum atomic E-state index is -4.84. The maximum Gasteiger partial charge on any atom is 0.397 e. The van der Waals surface area contributed by atoms with Crippen molar-refractivity contribution in [2.45, 2.75) is 29.7 Å². The second-order valence-electron chi connectivity index (χ2n) is 4.41. The van der Waals surface area contributed by atoms with Gasteiger partial charge in [0, 0.05) is 10.9 Å².